The summed E-state index contributed by atoms with van der Waals surface area (Å²) in [5.41, 5.74) is 0. The van der Waals surface area contributed by atoms with Crippen LogP contribution in [0.5, 0.6) is 0 Å². The van der Waals surface area contributed by atoms with Crippen LogP contribution in [0.15, 0.2) is 0 Å². The first-order valence-corrected chi connectivity index (χ1v) is 7.72. The van der Waals surface area contributed by atoms with Crippen molar-refractivity contribution in [1.29, 1.82) is 0 Å². The number of hydrogen-bond donors (Lipinski definition) is 6. The van der Waals surface area contributed by atoms with E-state index in [1.165, 1.54) is 0 Å². The molecule has 0 amide bonds. The van der Waals surface area contributed by atoms with Crippen molar-refractivity contribution in [2.24, 2.45) is 5.92 Å². The molecule has 2 heterocycles. The number of ether oxygens (including phenoxy) is 3. The van der Waals surface area contributed by atoms with Crippen molar-refractivity contribution >= 4 is 0 Å². The lowest BCUT2D eigenvalue weighted by Gasteiger charge is -2.46. The molecule has 2 saturated heterocycles. The highest BCUT2D eigenvalue weighted by Crippen LogP contribution is 2.31. The highest BCUT2D eigenvalue weighted by Gasteiger charge is 2.48. The Balaban J connectivity index is 2.11. The summed E-state index contributed by atoms with van der Waals surface area (Å²) < 4.78 is 16.4. The van der Waals surface area contributed by atoms with E-state index in [1.807, 2.05) is 0 Å². The summed E-state index contributed by atoms with van der Waals surface area (Å²) in [6.45, 7) is 2.54. The van der Waals surface area contributed by atoms with Crippen molar-refractivity contribution in [2.45, 2.75) is 69.0 Å². The number of aliphatic hydroxyl groups is 6. The Kier molecular flexibility index (Phi) is 6.34. The summed E-state index contributed by atoms with van der Waals surface area (Å²) in [6, 6.07) is 0. The average molecular weight is 338 g/mol. The molecular weight excluding hydrogens is 312 g/mol. The Morgan fingerprint density at radius 2 is 1.39 bits per heavy atom. The zero-order valence-corrected chi connectivity index (χ0v) is 13.1. The summed E-state index contributed by atoms with van der Waals surface area (Å²) in [4.78, 5) is 0. The maximum atomic E-state index is 10.4. The molecule has 9 nitrogen and oxygen atoms in total. The molecule has 23 heavy (non-hydrogen) atoms. The van der Waals surface area contributed by atoms with Gasteiger partial charge in [-0.25, -0.2) is 0 Å². The summed E-state index contributed by atoms with van der Waals surface area (Å²) >= 11 is 0. The van der Waals surface area contributed by atoms with Gasteiger partial charge in [0, 0.05) is 5.92 Å². The van der Waals surface area contributed by atoms with Gasteiger partial charge in [0.1, 0.15) is 36.6 Å². The van der Waals surface area contributed by atoms with Crippen LogP contribution in [-0.2, 0) is 14.2 Å². The topological polar surface area (TPSA) is 149 Å². The standard InChI is InChI=1S/C14H26O9/c1-5-6(2)21-8(4-16)13(9(5)17)23-14-12(20)11(19)10(18)7(3-15)22-14/h5-20H,3-4H2,1-2H3/t5?,6-,7?,8?,9+,10+,11-,12?,13+,14-/m0/s1. The predicted molar refractivity (Wildman–Crippen MR) is 75.2 cm³/mol. The van der Waals surface area contributed by atoms with Crippen LogP contribution in [0.25, 0.3) is 0 Å². The van der Waals surface area contributed by atoms with Gasteiger partial charge in [-0.2, -0.15) is 0 Å². The van der Waals surface area contributed by atoms with Gasteiger partial charge < -0.3 is 44.8 Å². The Morgan fingerprint density at radius 1 is 0.783 bits per heavy atom. The van der Waals surface area contributed by atoms with Crippen LogP contribution < -0.4 is 0 Å². The van der Waals surface area contributed by atoms with Crippen molar-refractivity contribution in [3.63, 3.8) is 0 Å². The number of aliphatic hydroxyl groups excluding tert-OH is 6. The average Bonchev–Trinajstić information content (AvgIpc) is 2.55. The Hall–Kier alpha value is -0.360. The fourth-order valence-electron chi connectivity index (χ4n) is 2.92. The fourth-order valence-corrected chi connectivity index (χ4v) is 2.92. The van der Waals surface area contributed by atoms with Gasteiger partial charge in [0.05, 0.1) is 25.4 Å². The smallest absolute Gasteiger partial charge is 0.187 e. The van der Waals surface area contributed by atoms with Crippen LogP contribution in [0.4, 0.5) is 0 Å². The van der Waals surface area contributed by atoms with Gasteiger partial charge in [-0.05, 0) is 6.92 Å². The van der Waals surface area contributed by atoms with Crippen molar-refractivity contribution in [3.05, 3.63) is 0 Å². The van der Waals surface area contributed by atoms with Crippen LogP contribution in [0.1, 0.15) is 13.8 Å². The van der Waals surface area contributed by atoms with Gasteiger partial charge in [-0.1, -0.05) is 6.92 Å². The molecule has 136 valence electrons. The SMILES string of the molecule is CC1[C@H](C)OC(CO)[C@@H](O[C@@H]2OC(CO)[C@@H](O)[C@H](O)C2O)[C@@H]1O. The first kappa shape index (κ1) is 19.0. The third-order valence-corrected chi connectivity index (χ3v) is 4.69. The lowest BCUT2D eigenvalue weighted by atomic mass is 9.88. The second kappa shape index (κ2) is 7.68. The number of hydrogen-bond acceptors (Lipinski definition) is 9. The van der Waals surface area contributed by atoms with Gasteiger partial charge in [0.15, 0.2) is 6.29 Å². The molecule has 6 N–H and O–H groups in total. The molecule has 2 fully saturated rings. The van der Waals surface area contributed by atoms with Gasteiger partial charge >= 0.3 is 0 Å². The largest absolute Gasteiger partial charge is 0.394 e. The molecule has 2 rings (SSSR count). The van der Waals surface area contributed by atoms with E-state index in [1.54, 1.807) is 13.8 Å². The Morgan fingerprint density at radius 3 is 1.96 bits per heavy atom. The van der Waals surface area contributed by atoms with E-state index in [-0.39, 0.29) is 12.0 Å². The van der Waals surface area contributed by atoms with Crippen molar-refractivity contribution < 1.29 is 44.8 Å². The minimum absolute atomic E-state index is 0.285. The molecule has 0 spiro atoms. The van der Waals surface area contributed by atoms with Crippen molar-refractivity contribution in [2.75, 3.05) is 13.2 Å². The Labute approximate surface area is 134 Å². The van der Waals surface area contributed by atoms with E-state index >= 15 is 0 Å². The van der Waals surface area contributed by atoms with E-state index < -0.39 is 62.2 Å². The zero-order valence-electron chi connectivity index (χ0n) is 13.1. The molecule has 0 aliphatic carbocycles. The van der Waals surface area contributed by atoms with Gasteiger partial charge in [0.2, 0.25) is 0 Å². The molecule has 9 heteroatoms. The molecule has 0 bridgehead atoms. The summed E-state index contributed by atoms with van der Waals surface area (Å²) in [7, 11) is 0. The van der Waals surface area contributed by atoms with E-state index in [2.05, 4.69) is 0 Å². The third-order valence-electron chi connectivity index (χ3n) is 4.69. The first-order valence-electron chi connectivity index (χ1n) is 7.72. The van der Waals surface area contributed by atoms with Crippen molar-refractivity contribution in [3.8, 4) is 0 Å². The van der Waals surface area contributed by atoms with Crippen LogP contribution in [-0.4, -0.2) is 99.0 Å². The lowest BCUT2D eigenvalue weighted by Crippen LogP contribution is -2.63. The normalized spacial score (nSPS) is 51.7. The molecule has 2 aliphatic rings. The molecule has 4 unspecified atom stereocenters. The van der Waals surface area contributed by atoms with Gasteiger partial charge in [-0.15, -0.1) is 0 Å². The first-order chi connectivity index (χ1) is 10.8. The molecule has 2 aliphatic heterocycles. The summed E-state index contributed by atoms with van der Waals surface area (Å²) in [5, 5.41) is 58.4. The molecule has 10 atom stereocenters. The van der Waals surface area contributed by atoms with E-state index in [4.69, 9.17) is 19.3 Å². The second-order valence-corrected chi connectivity index (χ2v) is 6.21. The van der Waals surface area contributed by atoms with Gasteiger partial charge in [0.25, 0.3) is 0 Å². The molecule has 0 aromatic carbocycles. The summed E-state index contributed by atoms with van der Waals surface area (Å²) in [5.74, 6) is -0.285. The maximum absolute atomic E-state index is 10.4. The molecule has 0 radical (unpaired) electrons. The minimum atomic E-state index is -1.58. The van der Waals surface area contributed by atoms with Gasteiger partial charge in [-0.3, -0.25) is 0 Å². The minimum Gasteiger partial charge on any atom is -0.394 e. The van der Waals surface area contributed by atoms with Crippen LogP contribution in [0, 0.1) is 5.92 Å². The van der Waals surface area contributed by atoms with Crippen LogP contribution in [0.3, 0.4) is 0 Å². The maximum Gasteiger partial charge on any atom is 0.187 e. The quantitative estimate of drug-likeness (QED) is 0.314. The molecule has 0 aromatic rings. The third kappa shape index (κ3) is 3.68. The fraction of sp³-hybridized carbons (Fsp3) is 1.00. The molecule has 0 aromatic heterocycles. The highest BCUT2D eigenvalue weighted by atomic mass is 16.7. The van der Waals surface area contributed by atoms with E-state index in [0.29, 0.717) is 0 Å². The van der Waals surface area contributed by atoms with Crippen LogP contribution >= 0.6 is 0 Å². The lowest BCUT2D eigenvalue weighted by molar-refractivity contribution is -0.337. The second-order valence-electron chi connectivity index (χ2n) is 6.21. The molecule has 0 saturated carbocycles. The summed E-state index contributed by atoms with van der Waals surface area (Å²) in [6.07, 6.45) is -10.2. The molecular formula is C14H26O9. The number of rotatable bonds is 4. The van der Waals surface area contributed by atoms with E-state index in [9.17, 15) is 25.5 Å². The van der Waals surface area contributed by atoms with Crippen molar-refractivity contribution in [1.82, 2.24) is 0 Å². The predicted octanol–water partition coefficient (Wildman–Crippen LogP) is -3.05. The van der Waals surface area contributed by atoms with Crippen LogP contribution in [0.2, 0.25) is 0 Å². The Bertz CT molecular complexity index is 377. The monoisotopic (exact) mass is 338 g/mol. The highest BCUT2D eigenvalue weighted by molar-refractivity contribution is 4.93. The van der Waals surface area contributed by atoms with E-state index in [0.717, 1.165) is 0 Å². The zero-order chi connectivity index (χ0) is 17.3.